The predicted molar refractivity (Wildman–Crippen MR) is 66.6 cm³/mol. The van der Waals surface area contributed by atoms with Gasteiger partial charge in [-0.2, -0.15) is 16.4 Å². The van der Waals surface area contributed by atoms with Crippen LogP contribution in [-0.2, 0) is 6.42 Å². The van der Waals surface area contributed by atoms with Gasteiger partial charge < -0.3 is 5.73 Å². The molecule has 3 nitrogen and oxygen atoms in total. The van der Waals surface area contributed by atoms with E-state index in [4.69, 9.17) is 5.73 Å². The maximum absolute atomic E-state index is 5.69. The van der Waals surface area contributed by atoms with Gasteiger partial charge in [-0.3, -0.25) is 5.10 Å². The zero-order valence-electron chi connectivity index (χ0n) is 9.07. The molecule has 1 aliphatic carbocycles. The average Bonchev–Trinajstić information content (AvgIpc) is 2.84. The Kier molecular flexibility index (Phi) is 2.53. The van der Waals surface area contributed by atoms with Crippen molar-refractivity contribution in [3.8, 4) is 11.3 Å². The summed E-state index contributed by atoms with van der Waals surface area (Å²) in [5.41, 5.74) is 10.7. The third-order valence-corrected chi connectivity index (χ3v) is 3.76. The fourth-order valence-corrected chi connectivity index (χ4v) is 2.76. The highest BCUT2D eigenvalue weighted by atomic mass is 32.1. The van der Waals surface area contributed by atoms with Crippen LogP contribution in [0.1, 0.15) is 30.0 Å². The van der Waals surface area contributed by atoms with E-state index in [0.717, 1.165) is 12.1 Å². The first-order valence-corrected chi connectivity index (χ1v) is 6.64. The third kappa shape index (κ3) is 1.68. The van der Waals surface area contributed by atoms with Gasteiger partial charge >= 0.3 is 0 Å². The Morgan fingerprint density at radius 3 is 3.00 bits per heavy atom. The van der Waals surface area contributed by atoms with Crippen LogP contribution in [0.3, 0.4) is 0 Å². The molecule has 0 saturated heterocycles. The Balaban J connectivity index is 2.03. The second kappa shape index (κ2) is 4.03. The topological polar surface area (TPSA) is 54.7 Å². The normalized spacial score (nSPS) is 15.6. The van der Waals surface area contributed by atoms with Gasteiger partial charge in [0.15, 0.2) is 0 Å². The molecule has 1 saturated carbocycles. The molecular weight excluding hydrogens is 218 g/mol. The number of hydrogen-bond donors (Lipinski definition) is 2. The molecule has 16 heavy (non-hydrogen) atoms. The lowest BCUT2D eigenvalue weighted by atomic mass is 10.0. The first kappa shape index (κ1) is 10.1. The van der Waals surface area contributed by atoms with Crippen LogP contribution in [0, 0.1) is 0 Å². The summed E-state index contributed by atoms with van der Waals surface area (Å²) in [4.78, 5) is 0. The van der Waals surface area contributed by atoms with Crippen molar-refractivity contribution in [2.45, 2.75) is 25.2 Å². The lowest BCUT2D eigenvalue weighted by molar-refractivity contribution is 0.914. The minimum atomic E-state index is 0.691. The molecule has 0 radical (unpaired) electrons. The molecule has 84 valence electrons. The molecule has 2 heterocycles. The Bertz CT molecular complexity index is 468. The van der Waals surface area contributed by atoms with Crippen LogP contribution in [0.5, 0.6) is 0 Å². The van der Waals surface area contributed by atoms with Gasteiger partial charge in [0.1, 0.15) is 0 Å². The number of H-pyrrole nitrogens is 1. The summed E-state index contributed by atoms with van der Waals surface area (Å²) in [5.74, 6) is 0.710. The number of thiophene rings is 1. The summed E-state index contributed by atoms with van der Waals surface area (Å²) < 4.78 is 0. The van der Waals surface area contributed by atoms with E-state index in [0.29, 0.717) is 12.5 Å². The summed E-state index contributed by atoms with van der Waals surface area (Å²) in [5, 5.41) is 11.9. The van der Waals surface area contributed by atoms with Crippen LogP contribution in [0.15, 0.2) is 16.8 Å². The van der Waals surface area contributed by atoms with Gasteiger partial charge in [0, 0.05) is 28.1 Å². The molecule has 3 N–H and O–H groups in total. The van der Waals surface area contributed by atoms with E-state index >= 15 is 0 Å². The van der Waals surface area contributed by atoms with E-state index in [9.17, 15) is 0 Å². The number of hydrogen-bond acceptors (Lipinski definition) is 3. The van der Waals surface area contributed by atoms with Crippen molar-refractivity contribution in [2.24, 2.45) is 5.73 Å². The summed E-state index contributed by atoms with van der Waals surface area (Å²) in [6.45, 7) is 0.691. The van der Waals surface area contributed by atoms with Gasteiger partial charge in [-0.25, -0.2) is 0 Å². The van der Waals surface area contributed by atoms with Crippen molar-refractivity contribution >= 4 is 11.3 Å². The van der Waals surface area contributed by atoms with Crippen molar-refractivity contribution < 1.29 is 0 Å². The number of nitrogens with zero attached hydrogens (tertiary/aromatic N) is 1. The number of nitrogens with two attached hydrogens (primary N) is 1. The fraction of sp³-hybridized carbons (Fsp3) is 0.417. The van der Waals surface area contributed by atoms with Gasteiger partial charge in [-0.1, -0.05) is 0 Å². The Labute approximate surface area is 98.7 Å². The third-order valence-electron chi connectivity index (χ3n) is 3.07. The molecule has 4 heteroatoms. The second-order valence-corrected chi connectivity index (χ2v) is 5.07. The number of nitrogens with one attached hydrogen (secondary N) is 1. The first-order valence-electron chi connectivity index (χ1n) is 5.70. The maximum Gasteiger partial charge on any atom is 0.0964 e. The van der Waals surface area contributed by atoms with Crippen molar-refractivity contribution in [3.05, 3.63) is 28.1 Å². The summed E-state index contributed by atoms with van der Waals surface area (Å²) in [7, 11) is 0. The lowest BCUT2D eigenvalue weighted by Gasteiger charge is -2.02. The number of aromatic amines is 1. The quantitative estimate of drug-likeness (QED) is 0.852. The fourth-order valence-electron chi connectivity index (χ4n) is 2.12. The monoisotopic (exact) mass is 233 g/mol. The Hall–Kier alpha value is -1.13. The molecule has 0 unspecified atom stereocenters. The summed E-state index contributed by atoms with van der Waals surface area (Å²) in [6.07, 6.45) is 3.51. The van der Waals surface area contributed by atoms with Crippen molar-refractivity contribution in [1.29, 1.82) is 0 Å². The standard InChI is InChI=1S/C12H15N3S/c13-5-3-10-11(8-1-2-8)14-15-12(10)9-4-6-16-7-9/h4,6-8H,1-3,5,13H2,(H,14,15). The zero-order valence-corrected chi connectivity index (χ0v) is 9.89. The first-order chi connectivity index (χ1) is 7.90. The molecule has 0 amide bonds. The van der Waals surface area contributed by atoms with E-state index in [2.05, 4.69) is 27.0 Å². The number of aromatic nitrogens is 2. The molecule has 1 aliphatic rings. The number of rotatable bonds is 4. The minimum Gasteiger partial charge on any atom is -0.330 e. The van der Waals surface area contributed by atoms with Crippen molar-refractivity contribution in [1.82, 2.24) is 10.2 Å². The summed E-state index contributed by atoms with van der Waals surface area (Å²) >= 11 is 1.71. The highest BCUT2D eigenvalue weighted by molar-refractivity contribution is 7.08. The molecule has 0 spiro atoms. The molecule has 0 aromatic carbocycles. The smallest absolute Gasteiger partial charge is 0.0964 e. The van der Waals surface area contributed by atoms with Gasteiger partial charge in [0.05, 0.1) is 5.69 Å². The molecule has 0 aliphatic heterocycles. The Morgan fingerprint density at radius 2 is 2.38 bits per heavy atom. The molecule has 1 fully saturated rings. The van der Waals surface area contributed by atoms with Crippen LogP contribution < -0.4 is 5.73 Å². The molecular formula is C12H15N3S. The molecule has 3 rings (SSSR count). The molecule has 2 aromatic rings. The van der Waals surface area contributed by atoms with E-state index < -0.39 is 0 Å². The van der Waals surface area contributed by atoms with Crippen LogP contribution in [0.25, 0.3) is 11.3 Å². The average molecular weight is 233 g/mol. The van der Waals surface area contributed by atoms with Crippen LogP contribution in [0.2, 0.25) is 0 Å². The Morgan fingerprint density at radius 1 is 1.50 bits per heavy atom. The van der Waals surface area contributed by atoms with Crippen LogP contribution >= 0.6 is 11.3 Å². The molecule has 0 atom stereocenters. The minimum absolute atomic E-state index is 0.691. The van der Waals surface area contributed by atoms with E-state index in [1.807, 2.05) is 0 Å². The van der Waals surface area contributed by atoms with E-state index in [-0.39, 0.29) is 0 Å². The second-order valence-electron chi connectivity index (χ2n) is 4.29. The van der Waals surface area contributed by atoms with Crippen LogP contribution in [0.4, 0.5) is 0 Å². The van der Waals surface area contributed by atoms with Crippen LogP contribution in [-0.4, -0.2) is 16.7 Å². The van der Waals surface area contributed by atoms with Gasteiger partial charge in [-0.05, 0) is 37.3 Å². The molecule has 0 bridgehead atoms. The highest BCUT2D eigenvalue weighted by Gasteiger charge is 2.29. The van der Waals surface area contributed by atoms with E-state index in [1.54, 1.807) is 11.3 Å². The van der Waals surface area contributed by atoms with Gasteiger partial charge in [0.25, 0.3) is 0 Å². The lowest BCUT2D eigenvalue weighted by Crippen LogP contribution is -2.04. The zero-order chi connectivity index (χ0) is 11.0. The maximum atomic E-state index is 5.69. The van der Waals surface area contributed by atoms with Crippen molar-refractivity contribution in [2.75, 3.05) is 6.54 Å². The summed E-state index contributed by atoms with van der Waals surface area (Å²) in [6, 6.07) is 2.12. The molecule has 2 aromatic heterocycles. The highest BCUT2D eigenvalue weighted by Crippen LogP contribution is 2.42. The van der Waals surface area contributed by atoms with Gasteiger partial charge in [0.2, 0.25) is 0 Å². The van der Waals surface area contributed by atoms with E-state index in [1.165, 1.54) is 29.7 Å². The van der Waals surface area contributed by atoms with Crippen molar-refractivity contribution in [3.63, 3.8) is 0 Å². The largest absolute Gasteiger partial charge is 0.330 e. The van der Waals surface area contributed by atoms with Gasteiger partial charge in [-0.15, -0.1) is 0 Å². The predicted octanol–water partition coefficient (Wildman–Crippen LogP) is 2.52. The SMILES string of the molecule is NCCc1c(-c2ccsc2)n[nH]c1C1CC1.